The van der Waals surface area contributed by atoms with Gasteiger partial charge >= 0.3 is 5.97 Å². The Labute approximate surface area is 127 Å². The molecule has 0 saturated carbocycles. The lowest BCUT2D eigenvalue weighted by Gasteiger charge is -2.33. The summed E-state index contributed by atoms with van der Waals surface area (Å²) in [6.45, 7) is 6.55. The van der Waals surface area contributed by atoms with Crippen molar-refractivity contribution in [3.8, 4) is 0 Å². The summed E-state index contributed by atoms with van der Waals surface area (Å²) in [6.07, 6.45) is 2.16. The van der Waals surface area contributed by atoms with E-state index < -0.39 is 0 Å². The van der Waals surface area contributed by atoms with Gasteiger partial charge in [0, 0.05) is 18.5 Å². The van der Waals surface area contributed by atoms with Gasteiger partial charge in [0.1, 0.15) is 6.29 Å². The predicted molar refractivity (Wildman–Crippen MR) is 83.0 cm³/mol. The number of benzene rings is 1. The van der Waals surface area contributed by atoms with Gasteiger partial charge in [-0.2, -0.15) is 0 Å². The second kappa shape index (κ2) is 9.29. The molecule has 0 aliphatic heterocycles. The minimum absolute atomic E-state index is 0.0947. The average molecular weight is 291 g/mol. The number of hydrogen-bond donors (Lipinski definition) is 0. The minimum atomic E-state index is -0.224. The number of nitrogens with zero attached hydrogens (tertiary/aromatic N) is 1. The van der Waals surface area contributed by atoms with Crippen molar-refractivity contribution in [3.63, 3.8) is 0 Å². The van der Waals surface area contributed by atoms with Crippen LogP contribution in [0.25, 0.3) is 0 Å². The highest BCUT2D eigenvalue weighted by Gasteiger charge is 2.24. The Morgan fingerprint density at radius 1 is 1.29 bits per heavy atom. The predicted octanol–water partition coefficient (Wildman–Crippen LogP) is 2.98. The van der Waals surface area contributed by atoms with E-state index in [0.29, 0.717) is 13.0 Å². The van der Waals surface area contributed by atoms with Gasteiger partial charge < -0.3 is 9.53 Å². The van der Waals surface area contributed by atoms with Crippen LogP contribution in [0.15, 0.2) is 30.3 Å². The number of rotatable bonds is 9. The SMILES string of the molecule is CCOC(=O)CN(C(C)CCC=O)C(C)c1ccccc1. The third-order valence-corrected chi connectivity index (χ3v) is 3.66. The van der Waals surface area contributed by atoms with Gasteiger partial charge in [-0.3, -0.25) is 9.69 Å². The second-order valence-electron chi connectivity index (χ2n) is 5.16. The summed E-state index contributed by atoms with van der Waals surface area (Å²) < 4.78 is 5.06. The highest BCUT2D eigenvalue weighted by molar-refractivity contribution is 5.71. The van der Waals surface area contributed by atoms with Gasteiger partial charge in [-0.25, -0.2) is 0 Å². The molecule has 1 aromatic rings. The molecular formula is C17H25NO3. The van der Waals surface area contributed by atoms with E-state index in [1.54, 1.807) is 6.92 Å². The molecule has 0 amide bonds. The molecule has 4 heteroatoms. The maximum absolute atomic E-state index is 11.8. The van der Waals surface area contributed by atoms with Gasteiger partial charge in [-0.15, -0.1) is 0 Å². The summed E-state index contributed by atoms with van der Waals surface area (Å²) in [7, 11) is 0. The van der Waals surface area contributed by atoms with E-state index in [0.717, 1.165) is 18.3 Å². The highest BCUT2D eigenvalue weighted by atomic mass is 16.5. The van der Waals surface area contributed by atoms with E-state index in [1.165, 1.54) is 0 Å². The number of aldehydes is 1. The summed E-state index contributed by atoms with van der Waals surface area (Å²) in [6, 6.07) is 10.3. The minimum Gasteiger partial charge on any atom is -0.465 e. The lowest BCUT2D eigenvalue weighted by Crippen LogP contribution is -2.40. The molecule has 0 spiro atoms. The quantitative estimate of drug-likeness (QED) is 0.518. The fourth-order valence-corrected chi connectivity index (χ4v) is 2.43. The molecule has 0 bridgehead atoms. The van der Waals surface area contributed by atoms with Crippen LogP contribution in [0, 0.1) is 0 Å². The zero-order valence-electron chi connectivity index (χ0n) is 13.1. The molecule has 0 N–H and O–H groups in total. The van der Waals surface area contributed by atoms with Crippen molar-refractivity contribution in [1.29, 1.82) is 0 Å². The van der Waals surface area contributed by atoms with Crippen LogP contribution in [0.1, 0.15) is 45.2 Å². The Balaban J connectivity index is 2.84. The van der Waals surface area contributed by atoms with E-state index in [4.69, 9.17) is 4.74 Å². The number of carbonyl (C=O) groups is 2. The first-order valence-electron chi connectivity index (χ1n) is 7.50. The van der Waals surface area contributed by atoms with Crippen LogP contribution in [0.2, 0.25) is 0 Å². The average Bonchev–Trinajstić information content (AvgIpc) is 2.50. The van der Waals surface area contributed by atoms with Crippen molar-refractivity contribution in [3.05, 3.63) is 35.9 Å². The van der Waals surface area contributed by atoms with Gasteiger partial charge in [0.15, 0.2) is 0 Å². The summed E-state index contributed by atoms with van der Waals surface area (Å²) in [5.41, 5.74) is 1.15. The van der Waals surface area contributed by atoms with Crippen molar-refractivity contribution >= 4 is 12.3 Å². The van der Waals surface area contributed by atoms with Crippen LogP contribution in [0.4, 0.5) is 0 Å². The Bertz CT molecular complexity index is 433. The Kier molecular flexibility index (Phi) is 7.69. The van der Waals surface area contributed by atoms with Crippen molar-refractivity contribution in [2.75, 3.05) is 13.2 Å². The molecule has 1 rings (SSSR count). The van der Waals surface area contributed by atoms with Crippen molar-refractivity contribution in [1.82, 2.24) is 4.90 Å². The van der Waals surface area contributed by atoms with Crippen molar-refractivity contribution in [2.45, 2.75) is 45.7 Å². The third-order valence-electron chi connectivity index (χ3n) is 3.66. The first-order valence-corrected chi connectivity index (χ1v) is 7.50. The second-order valence-corrected chi connectivity index (χ2v) is 5.16. The van der Waals surface area contributed by atoms with E-state index >= 15 is 0 Å². The lowest BCUT2D eigenvalue weighted by molar-refractivity contribution is -0.145. The molecule has 0 aliphatic carbocycles. The zero-order chi connectivity index (χ0) is 15.7. The van der Waals surface area contributed by atoms with Crippen LogP contribution in [-0.4, -0.2) is 36.3 Å². The first-order chi connectivity index (χ1) is 10.1. The van der Waals surface area contributed by atoms with Crippen LogP contribution < -0.4 is 0 Å². The normalized spacial score (nSPS) is 13.7. The largest absolute Gasteiger partial charge is 0.465 e. The van der Waals surface area contributed by atoms with Gasteiger partial charge in [-0.1, -0.05) is 30.3 Å². The monoisotopic (exact) mass is 291 g/mol. The van der Waals surface area contributed by atoms with Crippen molar-refractivity contribution in [2.24, 2.45) is 0 Å². The molecule has 116 valence electrons. The van der Waals surface area contributed by atoms with E-state index in [2.05, 4.69) is 24.0 Å². The van der Waals surface area contributed by atoms with Gasteiger partial charge in [0.05, 0.1) is 13.2 Å². The highest BCUT2D eigenvalue weighted by Crippen LogP contribution is 2.23. The van der Waals surface area contributed by atoms with Crippen LogP contribution in [0.3, 0.4) is 0 Å². The van der Waals surface area contributed by atoms with E-state index in [1.807, 2.05) is 25.1 Å². The first kappa shape index (κ1) is 17.4. The number of hydrogen-bond acceptors (Lipinski definition) is 4. The maximum atomic E-state index is 11.8. The standard InChI is InChI=1S/C17H25NO3/c1-4-21-17(20)13-18(14(2)9-8-12-19)15(3)16-10-6-5-7-11-16/h5-7,10-12,14-15H,4,8-9,13H2,1-3H3. The molecule has 0 aromatic heterocycles. The summed E-state index contributed by atoms with van der Waals surface area (Å²) in [4.78, 5) is 24.5. The molecule has 0 fully saturated rings. The molecular weight excluding hydrogens is 266 g/mol. The molecule has 0 saturated heterocycles. The summed E-state index contributed by atoms with van der Waals surface area (Å²) in [5.74, 6) is -0.224. The molecule has 0 radical (unpaired) electrons. The van der Waals surface area contributed by atoms with Crippen LogP contribution in [0.5, 0.6) is 0 Å². The van der Waals surface area contributed by atoms with Crippen LogP contribution in [-0.2, 0) is 14.3 Å². The van der Waals surface area contributed by atoms with Crippen molar-refractivity contribution < 1.29 is 14.3 Å². The molecule has 0 heterocycles. The van der Waals surface area contributed by atoms with E-state index in [-0.39, 0.29) is 24.6 Å². The number of esters is 1. The fourth-order valence-electron chi connectivity index (χ4n) is 2.43. The van der Waals surface area contributed by atoms with Gasteiger partial charge in [-0.05, 0) is 32.8 Å². The molecule has 2 unspecified atom stereocenters. The molecule has 2 atom stereocenters. The Morgan fingerprint density at radius 2 is 1.95 bits per heavy atom. The zero-order valence-corrected chi connectivity index (χ0v) is 13.1. The lowest BCUT2D eigenvalue weighted by atomic mass is 10.0. The smallest absolute Gasteiger partial charge is 0.320 e. The van der Waals surface area contributed by atoms with Gasteiger partial charge in [0.2, 0.25) is 0 Å². The third kappa shape index (κ3) is 5.68. The number of ether oxygens (including phenoxy) is 1. The maximum Gasteiger partial charge on any atom is 0.320 e. The number of carbonyl (C=O) groups excluding carboxylic acids is 2. The summed E-state index contributed by atoms with van der Waals surface area (Å²) >= 11 is 0. The fraction of sp³-hybridized carbons (Fsp3) is 0.529. The van der Waals surface area contributed by atoms with Crippen LogP contribution >= 0.6 is 0 Å². The molecule has 1 aromatic carbocycles. The molecule has 21 heavy (non-hydrogen) atoms. The molecule has 4 nitrogen and oxygen atoms in total. The molecule has 0 aliphatic rings. The Hall–Kier alpha value is -1.68. The summed E-state index contributed by atoms with van der Waals surface area (Å²) in [5, 5.41) is 0. The van der Waals surface area contributed by atoms with E-state index in [9.17, 15) is 9.59 Å². The van der Waals surface area contributed by atoms with Gasteiger partial charge in [0.25, 0.3) is 0 Å². The topological polar surface area (TPSA) is 46.6 Å². The Morgan fingerprint density at radius 3 is 2.52 bits per heavy atom.